The molecule has 4 fully saturated rings. The van der Waals surface area contributed by atoms with Crippen molar-refractivity contribution < 1.29 is 5.21 Å². The van der Waals surface area contributed by atoms with Crippen LogP contribution in [0.4, 0.5) is 0 Å². The number of oxime groups is 1. The Labute approximate surface area is 180 Å². The van der Waals surface area contributed by atoms with Crippen LogP contribution in [0.2, 0.25) is 0 Å². The van der Waals surface area contributed by atoms with Gasteiger partial charge < -0.3 is 5.21 Å². The largest absolute Gasteiger partial charge is 0.411 e. The van der Waals surface area contributed by atoms with Crippen molar-refractivity contribution >= 4 is 6.21 Å². The van der Waals surface area contributed by atoms with Gasteiger partial charge in [0.05, 0.1) is 0 Å². The van der Waals surface area contributed by atoms with Gasteiger partial charge in [0.25, 0.3) is 0 Å². The molecule has 0 heterocycles. The summed E-state index contributed by atoms with van der Waals surface area (Å²) in [6.07, 6.45) is 20.6. The zero-order valence-corrected chi connectivity index (χ0v) is 19.7. The number of nitrogens with zero attached hydrogens (tertiary/aromatic N) is 1. The molecule has 4 saturated carbocycles. The molecule has 4 rings (SSSR count). The van der Waals surface area contributed by atoms with E-state index in [-0.39, 0.29) is 0 Å². The van der Waals surface area contributed by atoms with Crippen LogP contribution in [0.3, 0.4) is 0 Å². The molecule has 2 nitrogen and oxygen atoms in total. The summed E-state index contributed by atoms with van der Waals surface area (Å²) in [6, 6.07) is 0. The molecule has 0 amide bonds. The third-order valence-corrected chi connectivity index (χ3v) is 11.0. The summed E-state index contributed by atoms with van der Waals surface area (Å²) in [5, 5.41) is 12.0. The SMILES string of the molecule is CC(/C=N/O)CCC[C@@H](C)[C@H]1CC[C@H]2[C@@H]3CCC4CCCC[C@]4(C)[C@H]3CC[C@]12C. The van der Waals surface area contributed by atoms with E-state index in [0.29, 0.717) is 16.7 Å². The summed E-state index contributed by atoms with van der Waals surface area (Å²) in [7, 11) is 0. The minimum Gasteiger partial charge on any atom is -0.411 e. The molecule has 29 heavy (non-hydrogen) atoms. The second-order valence-corrected chi connectivity index (χ2v) is 12.3. The molecule has 0 spiro atoms. The van der Waals surface area contributed by atoms with Crippen LogP contribution < -0.4 is 0 Å². The van der Waals surface area contributed by atoms with Crippen molar-refractivity contribution in [3.63, 3.8) is 0 Å². The van der Waals surface area contributed by atoms with Gasteiger partial charge in [0.1, 0.15) is 0 Å². The fourth-order valence-corrected chi connectivity index (χ4v) is 9.42. The van der Waals surface area contributed by atoms with Gasteiger partial charge in [-0.1, -0.05) is 53.4 Å². The fraction of sp³-hybridized carbons (Fsp3) is 0.963. The minimum absolute atomic E-state index is 0.404. The topological polar surface area (TPSA) is 32.6 Å². The number of hydrogen-bond acceptors (Lipinski definition) is 2. The van der Waals surface area contributed by atoms with Crippen molar-refractivity contribution in [1.82, 2.24) is 0 Å². The zero-order valence-electron chi connectivity index (χ0n) is 19.7. The molecule has 1 N–H and O–H groups in total. The molecule has 0 saturated heterocycles. The van der Waals surface area contributed by atoms with E-state index in [2.05, 4.69) is 32.9 Å². The summed E-state index contributed by atoms with van der Waals surface area (Å²) in [6.45, 7) is 10.1. The predicted octanol–water partition coefficient (Wildman–Crippen LogP) is 7.94. The van der Waals surface area contributed by atoms with Crippen LogP contribution in [0.25, 0.3) is 0 Å². The average molecular weight is 402 g/mol. The summed E-state index contributed by atoms with van der Waals surface area (Å²) in [4.78, 5) is 0. The molecule has 4 aliphatic rings. The van der Waals surface area contributed by atoms with Crippen molar-refractivity contribution in [3.05, 3.63) is 0 Å². The molecule has 9 atom stereocenters. The Morgan fingerprint density at radius 3 is 2.48 bits per heavy atom. The normalized spacial score (nSPS) is 46.7. The molecular formula is C27H47NO. The summed E-state index contributed by atoms with van der Waals surface area (Å²) >= 11 is 0. The van der Waals surface area contributed by atoms with Gasteiger partial charge in [0, 0.05) is 6.21 Å². The van der Waals surface area contributed by atoms with E-state index in [0.717, 1.165) is 41.9 Å². The maximum atomic E-state index is 8.74. The van der Waals surface area contributed by atoms with E-state index >= 15 is 0 Å². The first-order valence-corrected chi connectivity index (χ1v) is 13.1. The number of hydrogen-bond donors (Lipinski definition) is 1. The monoisotopic (exact) mass is 401 g/mol. The van der Waals surface area contributed by atoms with E-state index in [9.17, 15) is 0 Å². The Hall–Kier alpha value is -0.530. The van der Waals surface area contributed by atoms with Crippen molar-refractivity contribution in [2.24, 2.45) is 57.4 Å². The van der Waals surface area contributed by atoms with Crippen molar-refractivity contribution in [2.75, 3.05) is 0 Å². The number of fused-ring (bicyclic) bond motifs is 5. The lowest BCUT2D eigenvalue weighted by Crippen LogP contribution is -2.53. The fourth-order valence-electron chi connectivity index (χ4n) is 9.42. The molecule has 2 heteroatoms. The first-order chi connectivity index (χ1) is 13.9. The highest BCUT2D eigenvalue weighted by Gasteiger charge is 2.59. The predicted molar refractivity (Wildman–Crippen MR) is 122 cm³/mol. The Balaban J connectivity index is 1.41. The third-order valence-electron chi connectivity index (χ3n) is 11.0. The lowest BCUT2D eigenvalue weighted by Gasteiger charge is -2.61. The molecular weight excluding hydrogens is 354 g/mol. The van der Waals surface area contributed by atoms with Gasteiger partial charge in [-0.3, -0.25) is 0 Å². The highest BCUT2D eigenvalue weighted by molar-refractivity contribution is 5.59. The highest BCUT2D eigenvalue weighted by atomic mass is 16.4. The van der Waals surface area contributed by atoms with Gasteiger partial charge in [-0.05, 0) is 110 Å². The molecule has 0 radical (unpaired) electrons. The van der Waals surface area contributed by atoms with Crippen molar-refractivity contribution in [2.45, 2.75) is 111 Å². The van der Waals surface area contributed by atoms with Gasteiger partial charge in [-0.25, -0.2) is 0 Å². The lowest BCUT2D eigenvalue weighted by atomic mass is 9.44. The number of rotatable bonds is 6. The van der Waals surface area contributed by atoms with Gasteiger partial charge in [-0.15, -0.1) is 5.16 Å². The van der Waals surface area contributed by atoms with Gasteiger partial charge in [0.2, 0.25) is 0 Å². The van der Waals surface area contributed by atoms with Gasteiger partial charge >= 0.3 is 0 Å². The van der Waals surface area contributed by atoms with E-state index in [4.69, 9.17) is 5.21 Å². The maximum Gasteiger partial charge on any atom is 0.0464 e. The molecule has 0 aromatic heterocycles. The Bertz CT molecular complexity index is 587. The van der Waals surface area contributed by atoms with Crippen molar-refractivity contribution in [3.8, 4) is 0 Å². The van der Waals surface area contributed by atoms with Crippen LogP contribution in [0, 0.1) is 52.3 Å². The Morgan fingerprint density at radius 2 is 1.69 bits per heavy atom. The standard InChI is InChI=1S/C27H47NO/c1-19(18-28-29)8-7-9-20(2)23-13-14-24-22-12-11-21-10-5-6-16-26(21,3)25(22)15-17-27(23,24)4/h18-25,29H,5-17H2,1-4H3/b28-18+/t19?,20-,21?,22+,23-,24+,25+,26+,27-/m1/s1. The van der Waals surface area contributed by atoms with Crippen LogP contribution in [-0.2, 0) is 0 Å². The Morgan fingerprint density at radius 1 is 0.897 bits per heavy atom. The van der Waals surface area contributed by atoms with Crippen LogP contribution in [0.1, 0.15) is 111 Å². The van der Waals surface area contributed by atoms with Crippen LogP contribution in [0.5, 0.6) is 0 Å². The minimum atomic E-state index is 0.404. The molecule has 166 valence electrons. The molecule has 0 aliphatic heterocycles. The molecule has 0 bridgehead atoms. The van der Waals surface area contributed by atoms with E-state index in [1.165, 1.54) is 70.6 Å². The van der Waals surface area contributed by atoms with Crippen LogP contribution in [-0.4, -0.2) is 11.4 Å². The molecule has 0 aromatic rings. The van der Waals surface area contributed by atoms with Gasteiger partial charge in [0.15, 0.2) is 0 Å². The third kappa shape index (κ3) is 3.80. The van der Waals surface area contributed by atoms with E-state index in [1.807, 2.05) is 0 Å². The van der Waals surface area contributed by atoms with Crippen LogP contribution in [0.15, 0.2) is 5.16 Å². The van der Waals surface area contributed by atoms with Crippen molar-refractivity contribution in [1.29, 1.82) is 0 Å². The lowest BCUT2D eigenvalue weighted by molar-refractivity contribution is -0.114. The van der Waals surface area contributed by atoms with Gasteiger partial charge in [-0.2, -0.15) is 0 Å². The highest BCUT2D eigenvalue weighted by Crippen LogP contribution is 2.68. The first kappa shape index (κ1) is 21.7. The molecule has 4 aliphatic carbocycles. The van der Waals surface area contributed by atoms with E-state index < -0.39 is 0 Å². The maximum absolute atomic E-state index is 8.74. The summed E-state index contributed by atoms with van der Waals surface area (Å²) < 4.78 is 0. The van der Waals surface area contributed by atoms with E-state index in [1.54, 1.807) is 12.6 Å². The average Bonchev–Trinajstić information content (AvgIpc) is 3.05. The first-order valence-electron chi connectivity index (χ1n) is 13.1. The Kier molecular flexibility index (Phi) is 6.39. The second-order valence-electron chi connectivity index (χ2n) is 12.3. The zero-order chi connectivity index (χ0) is 20.6. The summed E-state index contributed by atoms with van der Waals surface area (Å²) in [5.74, 6) is 6.31. The molecule has 0 aromatic carbocycles. The van der Waals surface area contributed by atoms with Crippen LogP contribution >= 0.6 is 0 Å². The smallest absolute Gasteiger partial charge is 0.0464 e. The summed E-state index contributed by atoms with van der Waals surface area (Å²) in [5.41, 5.74) is 1.28. The quantitative estimate of drug-likeness (QED) is 0.273. The molecule has 2 unspecified atom stereocenters. The second kappa shape index (κ2) is 8.54.